The lowest BCUT2D eigenvalue weighted by atomic mass is 9.97. The molecule has 0 radical (unpaired) electrons. The molecule has 0 saturated carbocycles. The van der Waals surface area contributed by atoms with Crippen molar-refractivity contribution in [2.45, 2.75) is 39.0 Å². The summed E-state index contributed by atoms with van der Waals surface area (Å²) < 4.78 is 5.37. The lowest BCUT2D eigenvalue weighted by Gasteiger charge is -2.24. The molecule has 0 fully saturated rings. The van der Waals surface area contributed by atoms with E-state index in [1.807, 2.05) is 75.4 Å². The third kappa shape index (κ3) is 5.11. The van der Waals surface area contributed by atoms with Gasteiger partial charge in [0.15, 0.2) is 0 Å². The number of hydrogen-bond donors (Lipinski definition) is 2. The predicted molar refractivity (Wildman–Crippen MR) is 90.0 cm³/mol. The Morgan fingerprint density at radius 2 is 1.74 bits per heavy atom. The minimum absolute atomic E-state index is 0.0399. The van der Waals surface area contributed by atoms with Crippen molar-refractivity contribution in [3.8, 4) is 0 Å². The minimum Gasteiger partial charge on any atom is -0.444 e. The zero-order valence-corrected chi connectivity index (χ0v) is 13.7. The van der Waals surface area contributed by atoms with E-state index in [0.717, 1.165) is 16.7 Å². The molecule has 4 heteroatoms. The highest BCUT2D eigenvalue weighted by atomic mass is 16.6. The molecule has 0 aliphatic heterocycles. The van der Waals surface area contributed by atoms with Crippen LogP contribution in [-0.2, 0) is 11.3 Å². The van der Waals surface area contributed by atoms with Gasteiger partial charge in [0.05, 0.1) is 12.6 Å². The van der Waals surface area contributed by atoms with Gasteiger partial charge < -0.3 is 15.2 Å². The number of carbonyl (C=O) groups excluding carboxylic acids is 1. The van der Waals surface area contributed by atoms with E-state index in [1.165, 1.54) is 0 Å². The lowest BCUT2D eigenvalue weighted by molar-refractivity contribution is 0.0512. The van der Waals surface area contributed by atoms with E-state index >= 15 is 0 Å². The average molecular weight is 313 g/mol. The minimum atomic E-state index is -0.557. The molecule has 1 atom stereocenters. The molecule has 0 spiro atoms. The Morgan fingerprint density at radius 1 is 1.09 bits per heavy atom. The molecule has 2 aromatic rings. The monoisotopic (exact) mass is 313 g/mol. The molecule has 0 saturated heterocycles. The smallest absolute Gasteiger partial charge is 0.408 e. The van der Waals surface area contributed by atoms with Gasteiger partial charge in [-0.1, -0.05) is 54.6 Å². The van der Waals surface area contributed by atoms with E-state index in [9.17, 15) is 9.90 Å². The molecule has 2 N–H and O–H groups in total. The molecule has 0 aromatic heterocycles. The second-order valence-corrected chi connectivity index (χ2v) is 6.39. The van der Waals surface area contributed by atoms with Gasteiger partial charge >= 0.3 is 6.09 Å². The van der Waals surface area contributed by atoms with Gasteiger partial charge in [-0.2, -0.15) is 0 Å². The number of amides is 1. The van der Waals surface area contributed by atoms with Gasteiger partial charge in [0.1, 0.15) is 5.60 Å². The van der Waals surface area contributed by atoms with Crippen molar-refractivity contribution in [3.63, 3.8) is 0 Å². The first kappa shape index (κ1) is 17.0. The summed E-state index contributed by atoms with van der Waals surface area (Å²) in [6, 6.07) is 16.9. The number of aliphatic hydroxyl groups is 1. The molecule has 23 heavy (non-hydrogen) atoms. The second-order valence-electron chi connectivity index (χ2n) is 6.39. The van der Waals surface area contributed by atoms with Crippen molar-refractivity contribution in [1.82, 2.24) is 5.32 Å². The first-order chi connectivity index (χ1) is 10.9. The van der Waals surface area contributed by atoms with Crippen LogP contribution in [0, 0.1) is 0 Å². The summed E-state index contributed by atoms with van der Waals surface area (Å²) in [4.78, 5) is 12.2. The number of hydrogen-bond acceptors (Lipinski definition) is 3. The van der Waals surface area contributed by atoms with Crippen LogP contribution in [0.1, 0.15) is 43.5 Å². The fraction of sp³-hybridized carbons (Fsp3) is 0.316. The largest absolute Gasteiger partial charge is 0.444 e. The predicted octanol–water partition coefficient (Wildman–Crippen LogP) is 3.79. The topological polar surface area (TPSA) is 58.6 Å². The van der Waals surface area contributed by atoms with Crippen molar-refractivity contribution < 1.29 is 14.6 Å². The van der Waals surface area contributed by atoms with E-state index < -0.39 is 11.7 Å². The summed E-state index contributed by atoms with van der Waals surface area (Å²) in [7, 11) is 0. The number of nitrogens with one attached hydrogen (secondary N) is 1. The maximum absolute atomic E-state index is 12.2. The number of rotatable bonds is 4. The maximum Gasteiger partial charge on any atom is 0.408 e. The fourth-order valence-corrected chi connectivity index (χ4v) is 2.30. The highest BCUT2D eigenvalue weighted by Gasteiger charge is 2.21. The molecule has 4 nitrogen and oxygen atoms in total. The molecule has 0 bridgehead atoms. The Hall–Kier alpha value is -2.33. The van der Waals surface area contributed by atoms with Crippen LogP contribution in [0.4, 0.5) is 4.79 Å². The molecule has 2 rings (SSSR count). The molecule has 1 amide bonds. The molecule has 0 aliphatic carbocycles. The van der Waals surface area contributed by atoms with Gasteiger partial charge in [0.25, 0.3) is 0 Å². The first-order valence-corrected chi connectivity index (χ1v) is 7.63. The molecule has 122 valence electrons. The number of carbonyl (C=O) groups is 1. The van der Waals surface area contributed by atoms with Crippen molar-refractivity contribution in [2.24, 2.45) is 0 Å². The first-order valence-electron chi connectivity index (χ1n) is 7.63. The van der Waals surface area contributed by atoms with Gasteiger partial charge in [0.2, 0.25) is 0 Å². The zero-order chi connectivity index (χ0) is 16.9. The van der Waals surface area contributed by atoms with Crippen LogP contribution in [0.5, 0.6) is 0 Å². The van der Waals surface area contributed by atoms with Crippen LogP contribution in [-0.4, -0.2) is 16.8 Å². The Labute approximate surface area is 137 Å². The summed E-state index contributed by atoms with van der Waals surface area (Å²) in [6.07, 6.45) is -0.472. The number of benzene rings is 2. The van der Waals surface area contributed by atoms with Crippen molar-refractivity contribution in [3.05, 3.63) is 71.3 Å². The van der Waals surface area contributed by atoms with Crippen molar-refractivity contribution in [1.29, 1.82) is 0 Å². The molecule has 0 heterocycles. The Morgan fingerprint density at radius 3 is 2.35 bits per heavy atom. The van der Waals surface area contributed by atoms with Crippen LogP contribution in [0.15, 0.2) is 54.6 Å². The van der Waals surface area contributed by atoms with Crippen molar-refractivity contribution >= 4 is 6.09 Å². The van der Waals surface area contributed by atoms with Crippen LogP contribution in [0.25, 0.3) is 0 Å². The van der Waals surface area contributed by atoms with Gasteiger partial charge in [-0.3, -0.25) is 0 Å². The number of alkyl carbamates (subject to hydrolysis) is 1. The summed E-state index contributed by atoms with van der Waals surface area (Å²) in [5, 5.41) is 12.3. The van der Waals surface area contributed by atoms with E-state index in [4.69, 9.17) is 4.74 Å². The Kier molecular flexibility index (Phi) is 5.40. The van der Waals surface area contributed by atoms with Crippen LogP contribution in [0.2, 0.25) is 0 Å². The third-order valence-electron chi connectivity index (χ3n) is 3.26. The van der Waals surface area contributed by atoms with E-state index in [2.05, 4.69) is 5.32 Å². The molecule has 2 aromatic carbocycles. The Bertz CT molecular complexity index is 647. The zero-order valence-electron chi connectivity index (χ0n) is 13.7. The van der Waals surface area contributed by atoms with Crippen LogP contribution in [0.3, 0.4) is 0 Å². The molecular formula is C19H23NO3. The van der Waals surface area contributed by atoms with E-state index in [0.29, 0.717) is 0 Å². The average Bonchev–Trinajstić information content (AvgIpc) is 2.52. The highest BCUT2D eigenvalue weighted by molar-refractivity contribution is 5.69. The van der Waals surface area contributed by atoms with Gasteiger partial charge in [-0.05, 0) is 37.5 Å². The quantitative estimate of drug-likeness (QED) is 0.903. The SMILES string of the molecule is CC(C)(C)OC(=O)NC(c1ccccc1)c1cccc(CO)c1. The summed E-state index contributed by atoms with van der Waals surface area (Å²) in [5.41, 5.74) is 2.09. The Balaban J connectivity index is 2.31. The van der Waals surface area contributed by atoms with Gasteiger partial charge in [-0.15, -0.1) is 0 Å². The van der Waals surface area contributed by atoms with E-state index in [1.54, 1.807) is 0 Å². The second kappa shape index (κ2) is 7.29. The summed E-state index contributed by atoms with van der Waals surface area (Å²) in [5.74, 6) is 0. The van der Waals surface area contributed by atoms with Crippen LogP contribution >= 0.6 is 0 Å². The molecule has 0 aliphatic rings. The van der Waals surface area contributed by atoms with Crippen LogP contribution < -0.4 is 5.32 Å². The molecule has 1 unspecified atom stereocenters. The third-order valence-corrected chi connectivity index (χ3v) is 3.26. The van der Waals surface area contributed by atoms with Crippen molar-refractivity contribution in [2.75, 3.05) is 0 Å². The number of ether oxygens (including phenoxy) is 1. The normalized spacial score (nSPS) is 12.5. The summed E-state index contributed by atoms with van der Waals surface area (Å²) in [6.45, 7) is 5.45. The fourth-order valence-electron chi connectivity index (χ4n) is 2.30. The molecular weight excluding hydrogens is 290 g/mol. The van der Waals surface area contributed by atoms with E-state index in [-0.39, 0.29) is 12.6 Å². The van der Waals surface area contributed by atoms with Gasteiger partial charge in [0, 0.05) is 0 Å². The maximum atomic E-state index is 12.2. The van der Waals surface area contributed by atoms with Gasteiger partial charge in [-0.25, -0.2) is 4.79 Å². The summed E-state index contributed by atoms with van der Waals surface area (Å²) >= 11 is 0. The highest BCUT2D eigenvalue weighted by Crippen LogP contribution is 2.23. The lowest BCUT2D eigenvalue weighted by Crippen LogP contribution is -2.35. The standard InChI is InChI=1S/C19H23NO3/c1-19(2,3)23-18(22)20-17(15-9-5-4-6-10-15)16-11-7-8-14(12-16)13-21/h4-12,17,21H,13H2,1-3H3,(H,20,22). The number of aliphatic hydroxyl groups excluding tert-OH is 1.